The third-order valence-electron chi connectivity index (χ3n) is 2.24. The van der Waals surface area contributed by atoms with Gasteiger partial charge in [-0.15, -0.1) is 0 Å². The highest BCUT2D eigenvalue weighted by atomic mass is 32.2. The monoisotopic (exact) mass is 194 g/mol. The molecule has 0 aromatic carbocycles. The molecule has 2 nitrogen and oxygen atoms in total. The molecule has 3 heteroatoms. The normalized spacial score (nSPS) is 20.6. The molecule has 0 aliphatic carbocycles. The van der Waals surface area contributed by atoms with Gasteiger partial charge >= 0.3 is 0 Å². The van der Waals surface area contributed by atoms with Crippen LogP contribution in [0.1, 0.15) is 18.9 Å². The highest BCUT2D eigenvalue weighted by Gasteiger charge is 2.17. The van der Waals surface area contributed by atoms with Gasteiger partial charge in [-0.1, -0.05) is 18.7 Å². The number of rotatable bonds is 1. The fourth-order valence-corrected chi connectivity index (χ4v) is 2.45. The van der Waals surface area contributed by atoms with Gasteiger partial charge in [0, 0.05) is 18.0 Å². The Bertz CT molecular complexity index is 312. The van der Waals surface area contributed by atoms with Gasteiger partial charge in [-0.2, -0.15) is 0 Å². The molecule has 1 aromatic heterocycles. The third kappa shape index (κ3) is 1.80. The van der Waals surface area contributed by atoms with Gasteiger partial charge < -0.3 is 5.32 Å². The van der Waals surface area contributed by atoms with Crippen molar-refractivity contribution in [2.24, 2.45) is 0 Å². The Morgan fingerprint density at radius 1 is 1.69 bits per heavy atom. The molecular weight excluding hydrogens is 180 g/mol. The Morgan fingerprint density at radius 2 is 2.54 bits per heavy atom. The average Bonchev–Trinajstić information content (AvgIpc) is 2.17. The van der Waals surface area contributed by atoms with E-state index < -0.39 is 0 Å². The van der Waals surface area contributed by atoms with E-state index in [4.69, 9.17) is 0 Å². The number of hydrogen-bond donors (Lipinski definition) is 1. The molecule has 1 N–H and O–H groups in total. The minimum absolute atomic E-state index is 0.683. The topological polar surface area (TPSA) is 24.9 Å². The van der Waals surface area contributed by atoms with E-state index in [0.29, 0.717) is 5.25 Å². The molecule has 0 amide bonds. The molecule has 1 unspecified atom stereocenters. The Morgan fingerprint density at radius 3 is 3.31 bits per heavy atom. The molecule has 0 saturated heterocycles. The summed E-state index contributed by atoms with van der Waals surface area (Å²) in [7, 11) is 0. The quantitative estimate of drug-likeness (QED) is 0.744. The maximum atomic E-state index is 4.42. The zero-order valence-corrected chi connectivity index (χ0v) is 8.82. The van der Waals surface area contributed by atoms with Crippen molar-refractivity contribution in [3.8, 4) is 0 Å². The average molecular weight is 194 g/mol. The van der Waals surface area contributed by atoms with E-state index in [1.54, 1.807) is 0 Å². The molecule has 0 saturated carbocycles. The Labute approximate surface area is 83.1 Å². The van der Waals surface area contributed by atoms with Crippen LogP contribution in [0.25, 0.3) is 0 Å². The summed E-state index contributed by atoms with van der Waals surface area (Å²) >= 11 is 1.89. The van der Waals surface area contributed by atoms with Crippen LogP contribution < -0.4 is 5.32 Å². The summed E-state index contributed by atoms with van der Waals surface area (Å²) < 4.78 is 0. The van der Waals surface area contributed by atoms with Crippen LogP contribution >= 0.6 is 11.8 Å². The first-order chi connectivity index (χ1) is 6.29. The van der Waals surface area contributed by atoms with E-state index >= 15 is 0 Å². The zero-order chi connectivity index (χ0) is 9.26. The number of anilines is 1. The van der Waals surface area contributed by atoms with E-state index in [1.807, 2.05) is 18.0 Å². The van der Waals surface area contributed by atoms with Gasteiger partial charge in [-0.3, -0.25) is 0 Å². The predicted molar refractivity (Wildman–Crippen MR) is 57.4 cm³/mol. The van der Waals surface area contributed by atoms with Crippen molar-refractivity contribution in [3.63, 3.8) is 0 Å². The third-order valence-corrected chi connectivity index (χ3v) is 3.62. The molecule has 0 bridgehead atoms. The number of pyridine rings is 1. The Balaban J connectivity index is 2.26. The molecule has 1 aliphatic heterocycles. The van der Waals surface area contributed by atoms with Crippen LogP contribution in [-0.4, -0.2) is 16.8 Å². The maximum Gasteiger partial charge on any atom is 0.119 e. The Hall–Kier alpha value is -0.700. The van der Waals surface area contributed by atoms with Gasteiger partial charge in [0.2, 0.25) is 0 Å². The number of aryl methyl sites for hydroxylation is 1. The fourth-order valence-electron chi connectivity index (χ4n) is 1.43. The van der Waals surface area contributed by atoms with Crippen LogP contribution in [0.2, 0.25) is 0 Å². The number of thioether (sulfide) groups is 1. The SMILES string of the molecule is CCC1CNc2cc(C)cnc2S1. The smallest absolute Gasteiger partial charge is 0.119 e. The van der Waals surface area contributed by atoms with E-state index in [0.717, 1.165) is 11.6 Å². The molecule has 2 rings (SSSR count). The van der Waals surface area contributed by atoms with E-state index in [2.05, 4.69) is 30.2 Å². The lowest BCUT2D eigenvalue weighted by Crippen LogP contribution is -2.21. The number of nitrogens with zero attached hydrogens (tertiary/aromatic N) is 1. The van der Waals surface area contributed by atoms with Crippen molar-refractivity contribution in [1.82, 2.24) is 4.98 Å². The zero-order valence-electron chi connectivity index (χ0n) is 8.00. The summed E-state index contributed by atoms with van der Waals surface area (Å²) in [5.74, 6) is 0. The second kappa shape index (κ2) is 3.58. The predicted octanol–water partition coefficient (Wildman–Crippen LogP) is 2.69. The number of aromatic nitrogens is 1. The summed E-state index contributed by atoms with van der Waals surface area (Å²) in [6.07, 6.45) is 3.14. The van der Waals surface area contributed by atoms with Gasteiger partial charge in [0.05, 0.1) is 5.69 Å². The standard InChI is InChI=1S/C10H14N2S/c1-3-8-6-11-9-4-7(2)5-12-10(9)13-8/h4-5,8,11H,3,6H2,1-2H3. The summed E-state index contributed by atoms with van der Waals surface area (Å²) in [4.78, 5) is 4.42. The van der Waals surface area contributed by atoms with Gasteiger partial charge in [0.15, 0.2) is 0 Å². The second-order valence-corrected chi connectivity index (χ2v) is 4.68. The van der Waals surface area contributed by atoms with Crippen molar-refractivity contribution in [2.75, 3.05) is 11.9 Å². The number of fused-ring (bicyclic) bond motifs is 1. The van der Waals surface area contributed by atoms with Crippen LogP contribution in [-0.2, 0) is 0 Å². The van der Waals surface area contributed by atoms with Crippen LogP contribution in [0.5, 0.6) is 0 Å². The van der Waals surface area contributed by atoms with Crippen molar-refractivity contribution in [1.29, 1.82) is 0 Å². The van der Waals surface area contributed by atoms with Crippen LogP contribution in [0, 0.1) is 6.92 Å². The first-order valence-corrected chi connectivity index (χ1v) is 5.54. The molecular formula is C10H14N2S. The minimum atomic E-state index is 0.683. The molecule has 1 atom stereocenters. The first kappa shape index (κ1) is 8.88. The lowest BCUT2D eigenvalue weighted by Gasteiger charge is -2.23. The van der Waals surface area contributed by atoms with Crippen molar-refractivity contribution < 1.29 is 0 Å². The van der Waals surface area contributed by atoms with Crippen molar-refractivity contribution >= 4 is 17.4 Å². The molecule has 0 spiro atoms. The summed E-state index contributed by atoms with van der Waals surface area (Å²) in [5.41, 5.74) is 2.43. The van der Waals surface area contributed by atoms with Gasteiger partial charge in [-0.05, 0) is 25.0 Å². The first-order valence-electron chi connectivity index (χ1n) is 4.66. The van der Waals surface area contributed by atoms with Gasteiger partial charge in [0.1, 0.15) is 5.03 Å². The molecule has 0 radical (unpaired) electrons. The summed E-state index contributed by atoms with van der Waals surface area (Å²) in [5, 5.41) is 5.26. The van der Waals surface area contributed by atoms with Crippen LogP contribution in [0.3, 0.4) is 0 Å². The van der Waals surface area contributed by atoms with Crippen LogP contribution in [0.15, 0.2) is 17.3 Å². The van der Waals surface area contributed by atoms with E-state index in [9.17, 15) is 0 Å². The summed E-state index contributed by atoms with van der Waals surface area (Å²) in [6.45, 7) is 5.36. The van der Waals surface area contributed by atoms with E-state index in [-0.39, 0.29) is 0 Å². The molecule has 70 valence electrons. The number of nitrogens with one attached hydrogen (secondary N) is 1. The second-order valence-electron chi connectivity index (χ2n) is 3.39. The van der Waals surface area contributed by atoms with Gasteiger partial charge in [0.25, 0.3) is 0 Å². The lowest BCUT2D eigenvalue weighted by atomic mass is 10.2. The molecule has 2 heterocycles. The summed E-state index contributed by atoms with van der Waals surface area (Å²) in [6, 6.07) is 2.17. The molecule has 1 aliphatic rings. The molecule has 1 aromatic rings. The molecule has 0 fully saturated rings. The van der Waals surface area contributed by atoms with Gasteiger partial charge in [-0.25, -0.2) is 4.98 Å². The fraction of sp³-hybridized carbons (Fsp3) is 0.500. The number of hydrogen-bond acceptors (Lipinski definition) is 3. The highest BCUT2D eigenvalue weighted by molar-refractivity contribution is 8.00. The maximum absolute atomic E-state index is 4.42. The van der Waals surface area contributed by atoms with Crippen molar-refractivity contribution in [3.05, 3.63) is 17.8 Å². The minimum Gasteiger partial charge on any atom is -0.382 e. The largest absolute Gasteiger partial charge is 0.382 e. The van der Waals surface area contributed by atoms with Crippen LogP contribution in [0.4, 0.5) is 5.69 Å². The highest BCUT2D eigenvalue weighted by Crippen LogP contribution is 2.34. The molecule has 13 heavy (non-hydrogen) atoms. The van der Waals surface area contributed by atoms with E-state index in [1.165, 1.54) is 17.7 Å². The Kier molecular flexibility index (Phi) is 2.44. The van der Waals surface area contributed by atoms with Crippen molar-refractivity contribution in [2.45, 2.75) is 30.5 Å². The lowest BCUT2D eigenvalue weighted by molar-refractivity contribution is 0.832.